The van der Waals surface area contributed by atoms with Gasteiger partial charge in [-0.05, 0) is 56.3 Å². The molecule has 2 aromatic heterocycles. The SMILES string of the molecule is COC(=O)c1ccc2nc(CN3CCC(c4cccc(Cl)n4)CC3)n(C)c2c1. The molecule has 1 saturated heterocycles. The zero-order valence-electron chi connectivity index (χ0n) is 16.1. The average Bonchev–Trinajstić information content (AvgIpc) is 3.03. The van der Waals surface area contributed by atoms with Crippen molar-refractivity contribution in [2.24, 2.45) is 7.05 Å². The molecule has 1 aromatic carbocycles. The smallest absolute Gasteiger partial charge is 0.337 e. The lowest BCUT2D eigenvalue weighted by Crippen LogP contribution is -2.33. The Bertz CT molecular complexity index is 1010. The summed E-state index contributed by atoms with van der Waals surface area (Å²) in [5, 5.41) is 0.561. The van der Waals surface area contributed by atoms with Crippen molar-refractivity contribution in [1.29, 1.82) is 0 Å². The lowest BCUT2D eigenvalue weighted by molar-refractivity contribution is 0.0601. The molecule has 0 bridgehead atoms. The molecule has 1 aliphatic heterocycles. The maximum Gasteiger partial charge on any atom is 0.337 e. The summed E-state index contributed by atoms with van der Waals surface area (Å²) >= 11 is 6.03. The van der Waals surface area contributed by atoms with Gasteiger partial charge in [-0.15, -0.1) is 0 Å². The second-order valence-electron chi connectivity index (χ2n) is 7.22. The van der Waals surface area contributed by atoms with E-state index < -0.39 is 0 Å². The predicted octanol–water partition coefficient (Wildman–Crippen LogP) is 3.79. The van der Waals surface area contributed by atoms with Crippen LogP contribution in [0.5, 0.6) is 0 Å². The van der Waals surface area contributed by atoms with E-state index >= 15 is 0 Å². The number of aromatic nitrogens is 3. The van der Waals surface area contributed by atoms with Gasteiger partial charge in [-0.1, -0.05) is 17.7 Å². The van der Waals surface area contributed by atoms with Crippen molar-refractivity contribution in [3.05, 3.63) is 58.6 Å². The summed E-state index contributed by atoms with van der Waals surface area (Å²) in [6.07, 6.45) is 2.12. The first-order valence-corrected chi connectivity index (χ1v) is 9.81. The molecule has 0 aliphatic carbocycles. The number of aryl methyl sites for hydroxylation is 1. The third-order valence-electron chi connectivity index (χ3n) is 5.50. The first-order chi connectivity index (χ1) is 13.5. The number of hydrogen-bond acceptors (Lipinski definition) is 5. The third-order valence-corrected chi connectivity index (χ3v) is 5.71. The molecule has 0 unspecified atom stereocenters. The van der Waals surface area contributed by atoms with E-state index in [0.717, 1.165) is 55.0 Å². The Morgan fingerprint density at radius 3 is 2.71 bits per heavy atom. The predicted molar refractivity (Wildman–Crippen MR) is 109 cm³/mol. The van der Waals surface area contributed by atoms with Gasteiger partial charge in [0.2, 0.25) is 0 Å². The lowest BCUT2D eigenvalue weighted by Gasteiger charge is -2.31. The first-order valence-electron chi connectivity index (χ1n) is 9.43. The minimum absolute atomic E-state index is 0.332. The minimum Gasteiger partial charge on any atom is -0.465 e. The molecule has 4 rings (SSSR count). The molecule has 146 valence electrons. The Kier molecular flexibility index (Phi) is 5.33. The monoisotopic (exact) mass is 398 g/mol. The maximum atomic E-state index is 11.8. The first kappa shape index (κ1) is 18.9. The van der Waals surface area contributed by atoms with Gasteiger partial charge in [-0.2, -0.15) is 0 Å². The van der Waals surface area contributed by atoms with Gasteiger partial charge in [0.05, 0.1) is 30.3 Å². The van der Waals surface area contributed by atoms with Gasteiger partial charge in [0, 0.05) is 18.7 Å². The normalized spacial score (nSPS) is 15.8. The van der Waals surface area contributed by atoms with Crippen LogP contribution in [0, 0.1) is 0 Å². The number of esters is 1. The largest absolute Gasteiger partial charge is 0.465 e. The van der Waals surface area contributed by atoms with Crippen LogP contribution < -0.4 is 0 Å². The van der Waals surface area contributed by atoms with Crippen LogP contribution in [0.2, 0.25) is 5.15 Å². The van der Waals surface area contributed by atoms with E-state index in [1.807, 2.05) is 31.3 Å². The molecule has 0 amide bonds. The minimum atomic E-state index is -0.332. The van der Waals surface area contributed by atoms with Gasteiger partial charge >= 0.3 is 5.97 Å². The summed E-state index contributed by atoms with van der Waals surface area (Å²) in [6.45, 7) is 2.78. The Morgan fingerprint density at radius 2 is 2.00 bits per heavy atom. The molecule has 1 fully saturated rings. The molecule has 1 aliphatic rings. The van der Waals surface area contributed by atoms with Gasteiger partial charge in [-0.25, -0.2) is 14.8 Å². The number of likely N-dealkylation sites (tertiary alicyclic amines) is 1. The molecule has 0 atom stereocenters. The Balaban J connectivity index is 1.45. The van der Waals surface area contributed by atoms with Crippen LogP contribution in [0.4, 0.5) is 0 Å². The highest BCUT2D eigenvalue weighted by Crippen LogP contribution is 2.28. The number of pyridine rings is 1. The van der Waals surface area contributed by atoms with Crippen LogP contribution in [-0.4, -0.2) is 45.6 Å². The van der Waals surface area contributed by atoms with Gasteiger partial charge in [0.15, 0.2) is 0 Å². The van der Waals surface area contributed by atoms with Gasteiger partial charge in [0.1, 0.15) is 11.0 Å². The summed E-state index contributed by atoms with van der Waals surface area (Å²) in [6, 6.07) is 11.3. The fraction of sp³-hybridized carbons (Fsp3) is 0.381. The summed E-state index contributed by atoms with van der Waals surface area (Å²) in [4.78, 5) is 23.4. The summed E-state index contributed by atoms with van der Waals surface area (Å²) in [5.41, 5.74) is 3.46. The van der Waals surface area contributed by atoms with Crippen LogP contribution >= 0.6 is 11.6 Å². The van der Waals surface area contributed by atoms with Crippen LogP contribution in [0.25, 0.3) is 11.0 Å². The molecular formula is C21H23ClN4O2. The van der Waals surface area contributed by atoms with Crippen molar-refractivity contribution in [3.63, 3.8) is 0 Å². The molecule has 0 saturated carbocycles. The molecule has 0 radical (unpaired) electrons. The van der Waals surface area contributed by atoms with Crippen LogP contribution in [-0.2, 0) is 18.3 Å². The van der Waals surface area contributed by atoms with E-state index in [0.29, 0.717) is 16.6 Å². The highest BCUT2D eigenvalue weighted by molar-refractivity contribution is 6.29. The van der Waals surface area contributed by atoms with E-state index in [-0.39, 0.29) is 5.97 Å². The number of benzene rings is 1. The fourth-order valence-corrected chi connectivity index (χ4v) is 4.03. The van der Waals surface area contributed by atoms with Crippen molar-refractivity contribution < 1.29 is 9.53 Å². The maximum absolute atomic E-state index is 11.8. The van der Waals surface area contributed by atoms with Gasteiger partial charge < -0.3 is 9.30 Å². The molecule has 0 N–H and O–H groups in total. The Morgan fingerprint density at radius 1 is 1.21 bits per heavy atom. The molecule has 6 nitrogen and oxygen atoms in total. The number of hydrogen-bond donors (Lipinski definition) is 0. The highest BCUT2D eigenvalue weighted by atomic mass is 35.5. The van der Waals surface area contributed by atoms with Gasteiger partial charge in [0.25, 0.3) is 0 Å². The molecule has 7 heteroatoms. The van der Waals surface area contributed by atoms with E-state index in [1.165, 1.54) is 7.11 Å². The van der Waals surface area contributed by atoms with Crippen molar-refractivity contribution in [3.8, 4) is 0 Å². The molecule has 0 spiro atoms. The number of ether oxygens (including phenoxy) is 1. The van der Waals surface area contributed by atoms with Crippen LogP contribution in [0.15, 0.2) is 36.4 Å². The molecule has 3 heterocycles. The number of imidazole rings is 1. The van der Waals surface area contributed by atoms with Crippen molar-refractivity contribution in [2.45, 2.75) is 25.3 Å². The number of carbonyl (C=O) groups is 1. The van der Waals surface area contributed by atoms with E-state index in [9.17, 15) is 4.79 Å². The standard InChI is InChI=1S/C21H23ClN4O2/c1-25-18-12-15(21(27)28-2)6-7-17(18)24-20(25)13-26-10-8-14(9-11-26)16-4-3-5-19(22)23-16/h3-7,12,14H,8-11,13H2,1-2H3. The number of nitrogens with zero attached hydrogens (tertiary/aromatic N) is 4. The number of methoxy groups -OCH3 is 1. The van der Waals surface area contributed by atoms with Crippen LogP contribution in [0.1, 0.15) is 40.6 Å². The number of rotatable bonds is 4. The number of piperidine rings is 1. The van der Waals surface area contributed by atoms with Crippen LogP contribution in [0.3, 0.4) is 0 Å². The lowest BCUT2D eigenvalue weighted by atomic mass is 9.93. The van der Waals surface area contributed by atoms with Gasteiger partial charge in [-0.3, -0.25) is 4.90 Å². The second kappa shape index (κ2) is 7.89. The highest BCUT2D eigenvalue weighted by Gasteiger charge is 2.23. The summed E-state index contributed by atoms with van der Waals surface area (Å²) in [5.74, 6) is 1.12. The summed E-state index contributed by atoms with van der Waals surface area (Å²) < 4.78 is 6.88. The second-order valence-corrected chi connectivity index (χ2v) is 7.60. The van der Waals surface area contributed by atoms with E-state index in [4.69, 9.17) is 21.3 Å². The topological polar surface area (TPSA) is 60.2 Å². The summed E-state index contributed by atoms with van der Waals surface area (Å²) in [7, 11) is 3.39. The van der Waals surface area contributed by atoms with E-state index in [1.54, 1.807) is 6.07 Å². The number of halogens is 1. The molecular weight excluding hydrogens is 376 g/mol. The van der Waals surface area contributed by atoms with Crippen molar-refractivity contribution in [2.75, 3.05) is 20.2 Å². The Labute approximate surface area is 169 Å². The zero-order chi connectivity index (χ0) is 19.7. The van der Waals surface area contributed by atoms with Crippen molar-refractivity contribution >= 4 is 28.6 Å². The van der Waals surface area contributed by atoms with Crippen molar-refractivity contribution in [1.82, 2.24) is 19.4 Å². The number of fused-ring (bicyclic) bond motifs is 1. The Hall–Kier alpha value is -2.44. The number of carbonyl (C=O) groups excluding carboxylic acids is 1. The zero-order valence-corrected chi connectivity index (χ0v) is 16.8. The third kappa shape index (κ3) is 3.75. The molecule has 3 aromatic rings. The molecule has 28 heavy (non-hydrogen) atoms. The van der Waals surface area contributed by atoms with E-state index in [2.05, 4.69) is 20.5 Å². The fourth-order valence-electron chi connectivity index (χ4n) is 3.86. The average molecular weight is 399 g/mol. The quantitative estimate of drug-likeness (QED) is 0.494.